The highest BCUT2D eigenvalue weighted by atomic mass is 79.9. The maximum Gasteiger partial charge on any atom is 0.255 e. The summed E-state index contributed by atoms with van der Waals surface area (Å²) in [5, 5.41) is 11.1. The van der Waals surface area contributed by atoms with Gasteiger partial charge in [0.2, 0.25) is 5.95 Å². The fraction of sp³-hybridized carbons (Fsp3) is 0.148. The van der Waals surface area contributed by atoms with Crippen molar-refractivity contribution in [1.29, 1.82) is 0 Å². The molecule has 1 aliphatic rings. The number of hydrogen-bond acceptors (Lipinski definition) is 5. The Bertz CT molecular complexity index is 1440. The van der Waals surface area contributed by atoms with Crippen LogP contribution in [0.1, 0.15) is 24.1 Å². The SMILES string of the molecule is COc1ccccc1NC(=O)C1=C(C)Nc2nc(-c3cccc(C)c3)nn2C1c1ccc(Br)cc1. The quantitative estimate of drug-likeness (QED) is 0.333. The number of nitrogens with zero attached hydrogens (tertiary/aromatic N) is 3. The molecule has 0 aliphatic carbocycles. The molecule has 1 aromatic heterocycles. The number of ether oxygens (including phenoxy) is 1. The molecule has 2 heterocycles. The Kier molecular flexibility index (Phi) is 6.13. The van der Waals surface area contributed by atoms with Gasteiger partial charge in [0.05, 0.1) is 18.4 Å². The van der Waals surface area contributed by atoms with E-state index in [-0.39, 0.29) is 5.91 Å². The minimum atomic E-state index is -0.472. The number of amides is 1. The van der Waals surface area contributed by atoms with E-state index in [0.717, 1.165) is 21.2 Å². The number of rotatable bonds is 5. The Morgan fingerprint density at radius 3 is 2.57 bits per heavy atom. The summed E-state index contributed by atoms with van der Waals surface area (Å²) < 4.78 is 8.16. The van der Waals surface area contributed by atoms with E-state index in [1.165, 1.54) is 0 Å². The van der Waals surface area contributed by atoms with Crippen LogP contribution < -0.4 is 15.4 Å². The summed E-state index contributed by atoms with van der Waals surface area (Å²) in [4.78, 5) is 18.4. The Balaban J connectivity index is 1.60. The first-order valence-corrected chi connectivity index (χ1v) is 11.9. The zero-order valence-corrected chi connectivity index (χ0v) is 21.1. The van der Waals surface area contributed by atoms with Gasteiger partial charge in [-0.3, -0.25) is 4.79 Å². The second-order valence-corrected chi connectivity index (χ2v) is 9.26. The van der Waals surface area contributed by atoms with Crippen LogP contribution in [0.3, 0.4) is 0 Å². The van der Waals surface area contributed by atoms with Gasteiger partial charge in [0.15, 0.2) is 5.82 Å². The van der Waals surface area contributed by atoms with Crippen molar-refractivity contribution in [2.24, 2.45) is 0 Å². The van der Waals surface area contributed by atoms with Gasteiger partial charge >= 0.3 is 0 Å². The highest BCUT2D eigenvalue weighted by Gasteiger charge is 2.34. The number of benzene rings is 3. The minimum Gasteiger partial charge on any atom is -0.495 e. The molecule has 1 unspecified atom stereocenters. The number of nitrogens with one attached hydrogen (secondary N) is 2. The number of methoxy groups -OCH3 is 1. The summed E-state index contributed by atoms with van der Waals surface area (Å²) in [6.45, 7) is 3.92. The fourth-order valence-electron chi connectivity index (χ4n) is 4.24. The number of para-hydroxylation sites is 2. The van der Waals surface area contributed by atoms with E-state index < -0.39 is 6.04 Å². The van der Waals surface area contributed by atoms with Crippen LogP contribution >= 0.6 is 15.9 Å². The smallest absolute Gasteiger partial charge is 0.255 e. The van der Waals surface area contributed by atoms with Crippen molar-refractivity contribution in [2.45, 2.75) is 19.9 Å². The molecule has 0 radical (unpaired) electrons. The lowest BCUT2D eigenvalue weighted by molar-refractivity contribution is -0.113. The number of hydrogen-bond donors (Lipinski definition) is 2. The molecule has 1 aliphatic heterocycles. The summed E-state index contributed by atoms with van der Waals surface area (Å²) in [5.41, 5.74) is 4.81. The summed E-state index contributed by atoms with van der Waals surface area (Å²) in [7, 11) is 1.58. The molecule has 0 spiro atoms. The minimum absolute atomic E-state index is 0.245. The molecule has 1 amide bonds. The number of fused-ring (bicyclic) bond motifs is 1. The second-order valence-electron chi connectivity index (χ2n) is 8.35. The standard InChI is InChI=1S/C27H24BrN5O2/c1-16-7-6-8-19(15-16)25-31-27-29-17(2)23(26(34)30-21-9-4-5-10-22(21)35-3)24(33(27)32-25)18-11-13-20(28)14-12-18/h4-15,24H,1-3H3,(H,30,34)(H,29,31,32). The Labute approximate surface area is 212 Å². The van der Waals surface area contributed by atoms with Gasteiger partial charge < -0.3 is 15.4 Å². The highest BCUT2D eigenvalue weighted by molar-refractivity contribution is 9.10. The largest absolute Gasteiger partial charge is 0.495 e. The molecular weight excluding hydrogens is 506 g/mol. The van der Waals surface area contributed by atoms with E-state index >= 15 is 0 Å². The van der Waals surface area contributed by atoms with Crippen LogP contribution in [0.4, 0.5) is 11.6 Å². The molecule has 176 valence electrons. The van der Waals surface area contributed by atoms with Gasteiger partial charge in [-0.1, -0.05) is 64.0 Å². The molecular formula is C27H24BrN5O2. The lowest BCUT2D eigenvalue weighted by Gasteiger charge is -2.29. The van der Waals surface area contributed by atoms with E-state index in [2.05, 4.69) is 26.6 Å². The first kappa shape index (κ1) is 22.9. The van der Waals surface area contributed by atoms with Crippen molar-refractivity contribution < 1.29 is 9.53 Å². The van der Waals surface area contributed by atoms with Crippen LogP contribution in [0, 0.1) is 6.92 Å². The average molecular weight is 530 g/mol. The lowest BCUT2D eigenvalue weighted by Crippen LogP contribution is -2.31. The first-order valence-electron chi connectivity index (χ1n) is 11.2. The molecule has 0 saturated heterocycles. The summed E-state index contributed by atoms with van der Waals surface area (Å²) in [6, 6.07) is 22.8. The van der Waals surface area contributed by atoms with E-state index in [1.54, 1.807) is 11.8 Å². The number of anilines is 2. The number of carbonyl (C=O) groups is 1. The zero-order valence-electron chi connectivity index (χ0n) is 19.5. The van der Waals surface area contributed by atoms with Gasteiger partial charge in [0.1, 0.15) is 11.8 Å². The maximum absolute atomic E-state index is 13.7. The number of allylic oxidation sites excluding steroid dienone is 1. The van der Waals surface area contributed by atoms with Crippen molar-refractivity contribution in [3.8, 4) is 17.1 Å². The molecule has 2 N–H and O–H groups in total. The number of carbonyl (C=O) groups excluding carboxylic acids is 1. The van der Waals surface area contributed by atoms with Crippen molar-refractivity contribution in [1.82, 2.24) is 14.8 Å². The van der Waals surface area contributed by atoms with Crippen LogP contribution in [0.5, 0.6) is 5.75 Å². The second kappa shape index (κ2) is 9.38. The van der Waals surface area contributed by atoms with E-state index in [1.807, 2.05) is 86.6 Å². The van der Waals surface area contributed by atoms with Crippen molar-refractivity contribution >= 4 is 33.5 Å². The van der Waals surface area contributed by atoms with Crippen LogP contribution in [-0.2, 0) is 4.79 Å². The van der Waals surface area contributed by atoms with Gasteiger partial charge in [-0.2, -0.15) is 4.98 Å². The normalized spacial score (nSPS) is 14.8. The van der Waals surface area contributed by atoms with Crippen molar-refractivity contribution in [2.75, 3.05) is 17.7 Å². The van der Waals surface area contributed by atoms with Crippen molar-refractivity contribution in [3.63, 3.8) is 0 Å². The summed E-state index contributed by atoms with van der Waals surface area (Å²) in [6.07, 6.45) is 0. The number of aryl methyl sites for hydroxylation is 1. The van der Waals surface area contributed by atoms with E-state index in [9.17, 15) is 4.79 Å². The van der Waals surface area contributed by atoms with Crippen LogP contribution in [0.2, 0.25) is 0 Å². The molecule has 8 heteroatoms. The molecule has 3 aromatic carbocycles. The molecule has 35 heavy (non-hydrogen) atoms. The van der Waals surface area contributed by atoms with Crippen molar-refractivity contribution in [3.05, 3.63) is 99.7 Å². The van der Waals surface area contributed by atoms with E-state index in [4.69, 9.17) is 14.8 Å². The third kappa shape index (κ3) is 4.44. The monoisotopic (exact) mass is 529 g/mol. The Morgan fingerprint density at radius 2 is 1.83 bits per heavy atom. The average Bonchev–Trinajstić information content (AvgIpc) is 3.28. The summed E-state index contributed by atoms with van der Waals surface area (Å²) >= 11 is 3.51. The molecule has 4 aromatic rings. The number of halogens is 1. The third-order valence-electron chi connectivity index (χ3n) is 5.91. The predicted molar refractivity (Wildman–Crippen MR) is 140 cm³/mol. The molecule has 0 bridgehead atoms. The molecule has 1 atom stereocenters. The van der Waals surface area contributed by atoms with Gasteiger partial charge in [-0.15, -0.1) is 5.10 Å². The molecule has 5 rings (SSSR count). The molecule has 0 fully saturated rings. The number of aromatic nitrogens is 3. The van der Waals surface area contributed by atoms with Gasteiger partial charge in [0, 0.05) is 15.7 Å². The van der Waals surface area contributed by atoms with Gasteiger partial charge in [0.25, 0.3) is 5.91 Å². The molecule has 0 saturated carbocycles. The van der Waals surface area contributed by atoms with Gasteiger partial charge in [-0.05, 0) is 49.7 Å². The highest BCUT2D eigenvalue weighted by Crippen LogP contribution is 2.37. The molecule has 7 nitrogen and oxygen atoms in total. The topological polar surface area (TPSA) is 81.1 Å². The first-order chi connectivity index (χ1) is 16.9. The Morgan fingerprint density at radius 1 is 1.06 bits per heavy atom. The zero-order chi connectivity index (χ0) is 24.5. The third-order valence-corrected chi connectivity index (χ3v) is 6.44. The van der Waals surface area contributed by atoms with Crippen LogP contribution in [0.15, 0.2) is 88.5 Å². The van der Waals surface area contributed by atoms with Gasteiger partial charge in [-0.25, -0.2) is 4.68 Å². The maximum atomic E-state index is 13.7. The van der Waals surface area contributed by atoms with Crippen LogP contribution in [0.25, 0.3) is 11.4 Å². The lowest BCUT2D eigenvalue weighted by atomic mass is 9.95. The summed E-state index contributed by atoms with van der Waals surface area (Å²) in [5.74, 6) is 1.52. The fourth-order valence-corrected chi connectivity index (χ4v) is 4.51. The van der Waals surface area contributed by atoms with E-state index in [0.29, 0.717) is 34.5 Å². The Hall–Kier alpha value is -3.91. The van der Waals surface area contributed by atoms with Crippen LogP contribution in [-0.4, -0.2) is 27.8 Å². The predicted octanol–water partition coefficient (Wildman–Crippen LogP) is 5.95.